The second-order valence-corrected chi connectivity index (χ2v) is 2.78. The number of carbonyl (C=O) groups excluding carboxylic acids is 1. The van der Waals surface area contributed by atoms with Crippen molar-refractivity contribution in [3.05, 3.63) is 33.5 Å². The van der Waals surface area contributed by atoms with Gasteiger partial charge in [-0.15, -0.1) is 0 Å². The highest BCUT2D eigenvalue weighted by Gasteiger charge is 2.25. The first-order valence-corrected chi connectivity index (χ1v) is 3.94. The molecule has 8 heteroatoms. The van der Waals surface area contributed by atoms with Crippen molar-refractivity contribution in [3.63, 3.8) is 0 Å². The molecule has 0 atom stereocenters. The van der Waals surface area contributed by atoms with Crippen LogP contribution in [0.1, 0.15) is 22.5 Å². The molecular formula is C7H3ClF2N2O3. The normalized spacial score (nSPS) is 10.4. The third-order valence-corrected chi connectivity index (χ3v) is 1.70. The average Bonchev–Trinajstić information content (AvgIpc) is 2.16. The predicted molar refractivity (Wildman–Crippen MR) is 46.0 cm³/mol. The third kappa shape index (κ3) is 2.44. The average molecular weight is 237 g/mol. The van der Waals surface area contributed by atoms with Crippen LogP contribution in [0.4, 0.5) is 14.6 Å². The molecule has 0 N–H and O–H groups in total. The number of nitro groups is 1. The van der Waals surface area contributed by atoms with Crippen LogP contribution in [0.5, 0.6) is 0 Å². The third-order valence-electron chi connectivity index (χ3n) is 1.52. The summed E-state index contributed by atoms with van der Waals surface area (Å²) >= 11 is 4.97. The van der Waals surface area contributed by atoms with Gasteiger partial charge in [0.05, 0.1) is 5.56 Å². The minimum Gasteiger partial charge on any atom is -0.358 e. The van der Waals surface area contributed by atoms with Gasteiger partial charge in [0.15, 0.2) is 0 Å². The molecule has 0 aliphatic carbocycles. The van der Waals surface area contributed by atoms with E-state index in [2.05, 4.69) is 4.98 Å². The summed E-state index contributed by atoms with van der Waals surface area (Å²) in [5, 5.41) is 9.00. The number of hydrogen-bond donors (Lipinski definition) is 0. The summed E-state index contributed by atoms with van der Waals surface area (Å²) in [5.74, 6) is -0.705. The van der Waals surface area contributed by atoms with Gasteiger partial charge in [0, 0.05) is 6.07 Å². The zero-order valence-corrected chi connectivity index (χ0v) is 7.74. The standard InChI is InChI=1S/C7H3ClF2N2O3/c8-6(13)5-3(7(9)10)1-2-4(11-5)12(14)15/h1-2,7H. The summed E-state index contributed by atoms with van der Waals surface area (Å²) in [5.41, 5.74) is -1.51. The SMILES string of the molecule is O=C(Cl)c1nc([N+](=O)[O-])ccc1C(F)F. The maximum atomic E-state index is 12.3. The van der Waals surface area contributed by atoms with Crippen molar-refractivity contribution in [2.45, 2.75) is 6.43 Å². The monoisotopic (exact) mass is 236 g/mol. The van der Waals surface area contributed by atoms with Crippen LogP contribution in [0.3, 0.4) is 0 Å². The summed E-state index contributed by atoms with van der Waals surface area (Å²) in [6.45, 7) is 0. The van der Waals surface area contributed by atoms with Crippen LogP contribution in [0.25, 0.3) is 0 Å². The van der Waals surface area contributed by atoms with Crippen molar-refractivity contribution < 1.29 is 18.5 Å². The van der Waals surface area contributed by atoms with Crippen LogP contribution >= 0.6 is 11.6 Å². The Morgan fingerprint density at radius 3 is 2.53 bits per heavy atom. The number of alkyl halides is 2. The minimum atomic E-state index is -2.96. The van der Waals surface area contributed by atoms with E-state index >= 15 is 0 Å². The van der Waals surface area contributed by atoms with Gasteiger partial charge < -0.3 is 10.1 Å². The minimum absolute atomic E-state index is 0.705. The molecule has 15 heavy (non-hydrogen) atoms. The second kappa shape index (κ2) is 4.26. The Kier molecular flexibility index (Phi) is 3.25. The summed E-state index contributed by atoms with van der Waals surface area (Å²) in [4.78, 5) is 23.2. The van der Waals surface area contributed by atoms with E-state index in [4.69, 9.17) is 11.6 Å². The first-order valence-electron chi connectivity index (χ1n) is 3.56. The molecule has 5 nitrogen and oxygen atoms in total. The van der Waals surface area contributed by atoms with Crippen LogP contribution in [0, 0.1) is 10.1 Å². The van der Waals surface area contributed by atoms with E-state index < -0.39 is 33.7 Å². The molecule has 1 aromatic heterocycles. The fourth-order valence-corrected chi connectivity index (χ4v) is 1.05. The molecule has 0 aromatic carbocycles. The van der Waals surface area contributed by atoms with Crippen molar-refractivity contribution >= 4 is 22.7 Å². The van der Waals surface area contributed by atoms with Crippen LogP contribution in [-0.4, -0.2) is 15.1 Å². The van der Waals surface area contributed by atoms with Crippen LogP contribution in [0.2, 0.25) is 0 Å². The first kappa shape index (κ1) is 11.4. The molecule has 0 saturated heterocycles. The van der Waals surface area contributed by atoms with E-state index in [1.165, 1.54) is 0 Å². The van der Waals surface area contributed by atoms with Crippen molar-refractivity contribution in [1.29, 1.82) is 0 Å². The lowest BCUT2D eigenvalue weighted by Crippen LogP contribution is -2.04. The summed E-state index contributed by atoms with van der Waals surface area (Å²) in [6.07, 6.45) is -2.96. The van der Waals surface area contributed by atoms with Gasteiger partial charge in [-0.2, -0.15) is 0 Å². The zero-order chi connectivity index (χ0) is 11.6. The van der Waals surface area contributed by atoms with Crippen LogP contribution < -0.4 is 0 Å². The fourth-order valence-electron chi connectivity index (χ4n) is 0.895. The molecule has 80 valence electrons. The highest BCUT2D eigenvalue weighted by molar-refractivity contribution is 6.67. The molecule has 0 fully saturated rings. The molecule has 0 aliphatic rings. The molecule has 0 bridgehead atoms. The molecule has 1 rings (SSSR count). The summed E-state index contributed by atoms with van der Waals surface area (Å²) in [7, 11) is 0. The van der Waals surface area contributed by atoms with E-state index in [1.54, 1.807) is 0 Å². The van der Waals surface area contributed by atoms with Gasteiger partial charge >= 0.3 is 5.82 Å². The number of hydrogen-bond acceptors (Lipinski definition) is 4. The molecule has 0 aliphatic heterocycles. The Morgan fingerprint density at radius 2 is 2.13 bits per heavy atom. The van der Waals surface area contributed by atoms with Gasteiger partial charge in [-0.3, -0.25) is 4.79 Å². The maximum absolute atomic E-state index is 12.3. The van der Waals surface area contributed by atoms with Crippen LogP contribution in [0.15, 0.2) is 12.1 Å². The molecule has 0 unspecified atom stereocenters. The van der Waals surface area contributed by atoms with Gasteiger partial charge in [0.25, 0.3) is 11.7 Å². The molecule has 0 saturated carbocycles. The Labute approximate surface area is 86.8 Å². The molecule has 0 amide bonds. The fraction of sp³-hybridized carbons (Fsp3) is 0.143. The number of carbonyl (C=O) groups is 1. The molecule has 0 spiro atoms. The Hall–Kier alpha value is -1.63. The summed E-state index contributed by atoms with van der Waals surface area (Å²) < 4.78 is 24.6. The largest absolute Gasteiger partial charge is 0.364 e. The number of aromatic nitrogens is 1. The summed E-state index contributed by atoms with van der Waals surface area (Å²) in [6, 6.07) is 1.54. The number of rotatable bonds is 3. The van der Waals surface area contributed by atoms with Gasteiger partial charge in [0.1, 0.15) is 0 Å². The lowest BCUT2D eigenvalue weighted by atomic mass is 10.2. The predicted octanol–water partition coefficient (Wildman–Crippen LogP) is 2.31. The molecule has 0 radical (unpaired) electrons. The molecule has 1 heterocycles. The van der Waals surface area contributed by atoms with Gasteiger partial charge in [-0.25, -0.2) is 8.78 Å². The Bertz CT molecular complexity index is 425. The van der Waals surface area contributed by atoms with Crippen molar-refractivity contribution in [3.8, 4) is 0 Å². The van der Waals surface area contributed by atoms with E-state index in [0.717, 1.165) is 12.1 Å². The number of halogens is 3. The van der Waals surface area contributed by atoms with E-state index in [-0.39, 0.29) is 0 Å². The quantitative estimate of drug-likeness (QED) is 0.459. The van der Waals surface area contributed by atoms with Crippen molar-refractivity contribution in [1.82, 2.24) is 4.98 Å². The first-order chi connectivity index (χ1) is 6.93. The highest BCUT2D eigenvalue weighted by atomic mass is 35.5. The maximum Gasteiger partial charge on any atom is 0.364 e. The van der Waals surface area contributed by atoms with E-state index in [9.17, 15) is 23.7 Å². The Balaban J connectivity index is 3.33. The number of nitrogens with zero attached hydrogens (tertiary/aromatic N) is 2. The van der Waals surface area contributed by atoms with Gasteiger partial charge in [0.2, 0.25) is 5.69 Å². The van der Waals surface area contributed by atoms with Crippen molar-refractivity contribution in [2.75, 3.05) is 0 Å². The lowest BCUT2D eigenvalue weighted by molar-refractivity contribution is -0.389. The van der Waals surface area contributed by atoms with E-state index in [0.29, 0.717) is 0 Å². The smallest absolute Gasteiger partial charge is 0.358 e. The highest BCUT2D eigenvalue weighted by Crippen LogP contribution is 2.24. The van der Waals surface area contributed by atoms with E-state index in [1.807, 2.05) is 0 Å². The van der Waals surface area contributed by atoms with Crippen LogP contribution in [-0.2, 0) is 0 Å². The topological polar surface area (TPSA) is 73.1 Å². The van der Waals surface area contributed by atoms with Gasteiger partial charge in [-0.05, 0) is 27.6 Å². The Morgan fingerprint density at radius 1 is 1.53 bits per heavy atom. The number of pyridine rings is 1. The zero-order valence-electron chi connectivity index (χ0n) is 6.99. The van der Waals surface area contributed by atoms with Crippen molar-refractivity contribution in [2.24, 2.45) is 0 Å². The molecule has 1 aromatic rings. The second-order valence-electron chi connectivity index (χ2n) is 2.44. The van der Waals surface area contributed by atoms with Gasteiger partial charge in [-0.1, -0.05) is 0 Å². The lowest BCUT2D eigenvalue weighted by Gasteiger charge is -2.00. The molecular weight excluding hydrogens is 234 g/mol.